The van der Waals surface area contributed by atoms with E-state index in [1.165, 1.54) is 0 Å². The van der Waals surface area contributed by atoms with Crippen LogP contribution in [0.1, 0.15) is 36.7 Å². The number of benzene rings is 1. The number of nitrogens with zero attached hydrogens (tertiary/aromatic N) is 4. The van der Waals surface area contributed by atoms with Gasteiger partial charge in [0.15, 0.2) is 5.82 Å². The molecule has 7 nitrogen and oxygen atoms in total. The smallest absolute Gasteiger partial charge is 0.226 e. The second-order valence-corrected chi connectivity index (χ2v) is 6.34. The molecule has 1 unspecified atom stereocenters. The maximum Gasteiger partial charge on any atom is 0.226 e. The van der Waals surface area contributed by atoms with Crippen molar-refractivity contribution in [3.05, 3.63) is 47.6 Å². The number of hydrogen-bond acceptors (Lipinski definition) is 6. The predicted molar refractivity (Wildman–Crippen MR) is 108 cm³/mol. The minimum Gasteiger partial charge on any atom is -0.340 e. The lowest BCUT2D eigenvalue weighted by Crippen LogP contribution is -2.48. The van der Waals surface area contributed by atoms with Gasteiger partial charge in [0.25, 0.3) is 0 Å². The molecule has 1 amide bonds. The van der Waals surface area contributed by atoms with Crippen LogP contribution in [-0.4, -0.2) is 52.0 Å². The van der Waals surface area contributed by atoms with E-state index >= 15 is 0 Å². The fourth-order valence-corrected chi connectivity index (χ4v) is 2.99. The number of aromatic nitrogens is 2. The Hall–Kier alpha value is -1.67. The van der Waals surface area contributed by atoms with Crippen LogP contribution in [0.4, 0.5) is 0 Å². The molecule has 2 heterocycles. The Bertz CT molecular complexity index is 690. The molecule has 0 radical (unpaired) electrons. The lowest BCUT2D eigenvalue weighted by molar-refractivity contribution is -0.133. The lowest BCUT2D eigenvalue weighted by Gasteiger charge is -2.34. The van der Waals surface area contributed by atoms with Crippen LogP contribution in [0.5, 0.6) is 0 Å². The number of nitrogens with two attached hydrogens (primary N) is 1. The zero-order valence-electron chi connectivity index (χ0n) is 15.4. The van der Waals surface area contributed by atoms with Crippen molar-refractivity contribution in [3.63, 3.8) is 0 Å². The molecule has 0 bridgehead atoms. The summed E-state index contributed by atoms with van der Waals surface area (Å²) in [7, 11) is 0. The van der Waals surface area contributed by atoms with Crippen molar-refractivity contribution in [1.82, 2.24) is 19.9 Å². The van der Waals surface area contributed by atoms with Gasteiger partial charge in [0, 0.05) is 45.1 Å². The number of carbonyl (C=O) groups excluding carboxylic acids is 1. The Morgan fingerprint density at radius 3 is 2.44 bits per heavy atom. The summed E-state index contributed by atoms with van der Waals surface area (Å²) in [4.78, 5) is 20.9. The summed E-state index contributed by atoms with van der Waals surface area (Å²) in [6.45, 7) is 5.68. The first-order chi connectivity index (χ1) is 12.2. The van der Waals surface area contributed by atoms with Gasteiger partial charge in [-0.05, 0) is 5.56 Å². The molecule has 1 saturated heterocycles. The summed E-state index contributed by atoms with van der Waals surface area (Å²) >= 11 is 0. The highest BCUT2D eigenvalue weighted by molar-refractivity contribution is 5.85. The Labute approximate surface area is 172 Å². The first-order valence-corrected chi connectivity index (χ1v) is 8.78. The molecule has 9 heteroatoms. The second-order valence-electron chi connectivity index (χ2n) is 6.34. The molecule has 1 fully saturated rings. The lowest BCUT2D eigenvalue weighted by atomic mass is 10.0. The van der Waals surface area contributed by atoms with Crippen LogP contribution in [0.2, 0.25) is 0 Å². The summed E-state index contributed by atoms with van der Waals surface area (Å²) in [6, 6.07) is 9.51. The molecule has 1 aliphatic heterocycles. The van der Waals surface area contributed by atoms with Gasteiger partial charge < -0.3 is 15.2 Å². The van der Waals surface area contributed by atoms with E-state index in [0.717, 1.165) is 25.1 Å². The summed E-state index contributed by atoms with van der Waals surface area (Å²) in [5.41, 5.74) is 7.16. The van der Waals surface area contributed by atoms with Crippen molar-refractivity contribution in [3.8, 4) is 0 Å². The van der Waals surface area contributed by atoms with E-state index in [4.69, 9.17) is 10.3 Å². The highest BCUT2D eigenvalue weighted by atomic mass is 35.5. The van der Waals surface area contributed by atoms with Gasteiger partial charge in [-0.2, -0.15) is 4.98 Å². The Morgan fingerprint density at radius 1 is 1.19 bits per heavy atom. The third-order valence-electron chi connectivity index (χ3n) is 4.52. The van der Waals surface area contributed by atoms with E-state index in [-0.39, 0.29) is 36.8 Å². The van der Waals surface area contributed by atoms with Gasteiger partial charge in [0.2, 0.25) is 11.8 Å². The molecule has 150 valence electrons. The molecule has 0 spiro atoms. The van der Waals surface area contributed by atoms with E-state index in [9.17, 15) is 4.79 Å². The van der Waals surface area contributed by atoms with Crippen LogP contribution in [0, 0.1) is 0 Å². The number of amides is 1. The van der Waals surface area contributed by atoms with Gasteiger partial charge in [-0.15, -0.1) is 24.8 Å². The van der Waals surface area contributed by atoms with E-state index in [1.54, 1.807) is 0 Å². The van der Waals surface area contributed by atoms with Crippen molar-refractivity contribution in [1.29, 1.82) is 0 Å². The average Bonchev–Trinajstić information content (AvgIpc) is 3.10. The van der Waals surface area contributed by atoms with E-state index < -0.39 is 0 Å². The minimum absolute atomic E-state index is 0. The highest BCUT2D eigenvalue weighted by Crippen LogP contribution is 2.16. The first kappa shape index (κ1) is 23.4. The third-order valence-corrected chi connectivity index (χ3v) is 4.52. The molecule has 1 aliphatic rings. The van der Waals surface area contributed by atoms with Crippen molar-refractivity contribution in [2.45, 2.75) is 32.4 Å². The molecular weight excluding hydrogens is 389 g/mol. The van der Waals surface area contributed by atoms with Crippen molar-refractivity contribution < 1.29 is 9.32 Å². The fraction of sp³-hybridized carbons (Fsp3) is 0.500. The number of halogens is 2. The summed E-state index contributed by atoms with van der Waals surface area (Å²) in [5, 5.41) is 3.98. The largest absolute Gasteiger partial charge is 0.340 e. The Kier molecular flexibility index (Phi) is 9.73. The zero-order valence-corrected chi connectivity index (χ0v) is 17.0. The van der Waals surface area contributed by atoms with Crippen LogP contribution in [0.3, 0.4) is 0 Å². The second kappa shape index (κ2) is 11.2. The number of rotatable bonds is 6. The number of hydrogen-bond donors (Lipinski definition) is 1. The number of carbonyl (C=O) groups is 1. The molecule has 3 rings (SSSR count). The molecule has 1 aromatic carbocycles. The zero-order chi connectivity index (χ0) is 17.6. The summed E-state index contributed by atoms with van der Waals surface area (Å²) in [6.07, 6.45) is 1.09. The molecule has 0 saturated carbocycles. The van der Waals surface area contributed by atoms with Crippen LogP contribution < -0.4 is 5.73 Å². The van der Waals surface area contributed by atoms with Crippen LogP contribution in [0.25, 0.3) is 0 Å². The molecule has 0 aliphatic carbocycles. The van der Waals surface area contributed by atoms with Gasteiger partial charge in [-0.25, -0.2) is 0 Å². The SMILES string of the molecule is CCc1nc(CN2CCN(C(=O)CC(N)c3ccccc3)CC2)no1.Cl.Cl. The van der Waals surface area contributed by atoms with Crippen LogP contribution in [-0.2, 0) is 17.8 Å². The van der Waals surface area contributed by atoms with Gasteiger partial charge in [-0.3, -0.25) is 9.69 Å². The van der Waals surface area contributed by atoms with Gasteiger partial charge >= 0.3 is 0 Å². The predicted octanol–water partition coefficient (Wildman–Crippen LogP) is 2.21. The molecule has 1 atom stereocenters. The number of aryl methyl sites for hydroxylation is 1. The van der Waals surface area contributed by atoms with Gasteiger partial charge in [0.05, 0.1) is 6.54 Å². The number of piperazine rings is 1. The van der Waals surface area contributed by atoms with E-state index in [0.29, 0.717) is 37.8 Å². The van der Waals surface area contributed by atoms with Crippen LogP contribution >= 0.6 is 24.8 Å². The summed E-state index contributed by atoms with van der Waals surface area (Å²) in [5.74, 6) is 1.49. The quantitative estimate of drug-likeness (QED) is 0.777. The van der Waals surface area contributed by atoms with E-state index in [2.05, 4.69) is 15.0 Å². The highest BCUT2D eigenvalue weighted by Gasteiger charge is 2.23. The van der Waals surface area contributed by atoms with Crippen molar-refractivity contribution in [2.75, 3.05) is 26.2 Å². The molecule has 27 heavy (non-hydrogen) atoms. The standard InChI is InChI=1S/C18H25N5O2.2ClH/c1-2-17-20-16(21-25-17)13-22-8-10-23(11-9-22)18(24)12-15(19)14-6-4-3-5-7-14;;/h3-7,15H,2,8-13,19H2,1H3;2*1H. The summed E-state index contributed by atoms with van der Waals surface area (Å²) < 4.78 is 5.13. The van der Waals surface area contributed by atoms with Crippen LogP contribution in [0.15, 0.2) is 34.9 Å². The Balaban J connectivity index is 0.00000182. The van der Waals surface area contributed by atoms with Gasteiger partial charge in [-0.1, -0.05) is 42.4 Å². The Morgan fingerprint density at radius 2 is 1.85 bits per heavy atom. The molecule has 2 aromatic rings. The average molecular weight is 416 g/mol. The fourth-order valence-electron chi connectivity index (χ4n) is 2.99. The van der Waals surface area contributed by atoms with E-state index in [1.807, 2.05) is 42.2 Å². The molecule has 2 N–H and O–H groups in total. The normalized spacial score (nSPS) is 15.6. The first-order valence-electron chi connectivity index (χ1n) is 8.78. The monoisotopic (exact) mass is 415 g/mol. The maximum absolute atomic E-state index is 12.5. The van der Waals surface area contributed by atoms with Crippen molar-refractivity contribution in [2.24, 2.45) is 5.73 Å². The third kappa shape index (κ3) is 6.46. The topological polar surface area (TPSA) is 88.5 Å². The molecule has 1 aromatic heterocycles. The minimum atomic E-state index is -0.251. The maximum atomic E-state index is 12.5. The molecular formula is C18H27Cl2N5O2. The van der Waals surface area contributed by atoms with Gasteiger partial charge in [0.1, 0.15) is 0 Å². The van der Waals surface area contributed by atoms with Crippen molar-refractivity contribution >= 4 is 30.7 Å².